The van der Waals surface area contributed by atoms with E-state index in [1.807, 2.05) is 0 Å². The summed E-state index contributed by atoms with van der Waals surface area (Å²) < 4.78 is 0. The SMILES string of the molecule is C[C]1CC[C](C)CC1. The summed E-state index contributed by atoms with van der Waals surface area (Å²) >= 11 is 0. The second-order valence-corrected chi connectivity index (χ2v) is 2.91. The van der Waals surface area contributed by atoms with Gasteiger partial charge < -0.3 is 0 Å². The first kappa shape index (κ1) is 6.12. The third-order valence-corrected chi connectivity index (χ3v) is 1.96. The fraction of sp³-hybridized carbons (Fsp3) is 0.750. The molecule has 0 heterocycles. The first-order valence-electron chi connectivity index (χ1n) is 3.41. The lowest BCUT2D eigenvalue weighted by Gasteiger charge is -2.21. The maximum atomic E-state index is 2.27. The van der Waals surface area contributed by atoms with Crippen molar-refractivity contribution in [2.24, 2.45) is 0 Å². The normalized spacial score (nSPS) is 26.2. The van der Waals surface area contributed by atoms with E-state index >= 15 is 0 Å². The van der Waals surface area contributed by atoms with Crippen LogP contribution in [0.25, 0.3) is 0 Å². The average molecular weight is 110 g/mol. The van der Waals surface area contributed by atoms with E-state index in [-0.39, 0.29) is 0 Å². The van der Waals surface area contributed by atoms with E-state index < -0.39 is 0 Å². The summed E-state index contributed by atoms with van der Waals surface area (Å²) in [5.74, 6) is 3.38. The van der Waals surface area contributed by atoms with Crippen molar-refractivity contribution in [2.45, 2.75) is 39.5 Å². The van der Waals surface area contributed by atoms with Gasteiger partial charge in [0.25, 0.3) is 0 Å². The van der Waals surface area contributed by atoms with Crippen LogP contribution in [0.4, 0.5) is 0 Å². The van der Waals surface area contributed by atoms with E-state index in [0.29, 0.717) is 0 Å². The van der Waals surface area contributed by atoms with Gasteiger partial charge in [-0.3, -0.25) is 0 Å². The van der Waals surface area contributed by atoms with Crippen molar-refractivity contribution >= 4 is 0 Å². The van der Waals surface area contributed by atoms with Crippen molar-refractivity contribution in [3.05, 3.63) is 11.8 Å². The van der Waals surface area contributed by atoms with Crippen LogP contribution in [0, 0.1) is 11.8 Å². The Bertz CT molecular complexity index is 48.4. The molecule has 1 rings (SSSR count). The second kappa shape index (κ2) is 2.52. The highest BCUT2D eigenvalue weighted by molar-refractivity contribution is 4.99. The van der Waals surface area contributed by atoms with Gasteiger partial charge in [-0.05, 0) is 37.5 Å². The minimum Gasteiger partial charge on any atom is -0.0591 e. The smallest absolute Gasteiger partial charge is 0.0272 e. The lowest BCUT2D eigenvalue weighted by Crippen LogP contribution is -2.05. The molecule has 0 aromatic carbocycles. The minimum atomic E-state index is 1.35. The molecule has 1 fully saturated rings. The van der Waals surface area contributed by atoms with Crippen LogP contribution < -0.4 is 0 Å². The summed E-state index contributed by atoms with van der Waals surface area (Å²) in [6.45, 7) is 4.54. The van der Waals surface area contributed by atoms with Gasteiger partial charge in [-0.25, -0.2) is 0 Å². The Balaban J connectivity index is 2.19. The molecule has 0 atom stereocenters. The van der Waals surface area contributed by atoms with Crippen LogP contribution in [0.1, 0.15) is 39.5 Å². The third-order valence-electron chi connectivity index (χ3n) is 1.96. The first-order valence-corrected chi connectivity index (χ1v) is 3.41. The molecule has 0 nitrogen and oxygen atoms in total. The molecule has 8 heavy (non-hydrogen) atoms. The molecular formula is C8H14. The summed E-state index contributed by atoms with van der Waals surface area (Å²) in [6, 6.07) is 0. The fourth-order valence-electron chi connectivity index (χ4n) is 1.10. The average Bonchev–Trinajstić information content (AvgIpc) is 1.77. The van der Waals surface area contributed by atoms with E-state index in [1.165, 1.54) is 25.7 Å². The molecule has 0 saturated heterocycles. The molecule has 1 saturated carbocycles. The van der Waals surface area contributed by atoms with E-state index in [4.69, 9.17) is 0 Å². The summed E-state index contributed by atoms with van der Waals surface area (Å²) in [7, 11) is 0. The van der Waals surface area contributed by atoms with Crippen LogP contribution in [0.2, 0.25) is 0 Å². The van der Waals surface area contributed by atoms with Crippen LogP contribution in [-0.2, 0) is 0 Å². The van der Waals surface area contributed by atoms with Gasteiger partial charge in [0.15, 0.2) is 0 Å². The lowest BCUT2D eigenvalue weighted by molar-refractivity contribution is 0.575. The van der Waals surface area contributed by atoms with Gasteiger partial charge in [-0.2, -0.15) is 0 Å². The monoisotopic (exact) mass is 110 g/mol. The molecule has 0 unspecified atom stereocenters. The Morgan fingerprint density at radius 1 is 0.750 bits per heavy atom. The van der Waals surface area contributed by atoms with Gasteiger partial charge in [-0.1, -0.05) is 13.8 Å². The van der Waals surface area contributed by atoms with Crippen molar-refractivity contribution in [1.82, 2.24) is 0 Å². The summed E-state index contributed by atoms with van der Waals surface area (Å²) in [6.07, 6.45) is 5.41. The number of rotatable bonds is 0. The largest absolute Gasteiger partial charge is 0.0591 e. The predicted molar refractivity (Wildman–Crippen MR) is 36.3 cm³/mol. The molecular weight excluding hydrogens is 96.1 g/mol. The Morgan fingerprint density at radius 2 is 1.00 bits per heavy atom. The molecule has 1 aliphatic carbocycles. The van der Waals surface area contributed by atoms with Crippen molar-refractivity contribution in [1.29, 1.82) is 0 Å². The minimum absolute atomic E-state index is 1.35. The van der Waals surface area contributed by atoms with Crippen molar-refractivity contribution in [3.8, 4) is 0 Å². The predicted octanol–water partition coefficient (Wildman–Crippen LogP) is 2.75. The van der Waals surface area contributed by atoms with E-state index in [1.54, 1.807) is 11.8 Å². The summed E-state index contributed by atoms with van der Waals surface area (Å²) in [5.41, 5.74) is 0. The third kappa shape index (κ3) is 1.50. The molecule has 0 amide bonds. The zero-order chi connectivity index (χ0) is 5.98. The topological polar surface area (TPSA) is 0 Å². The lowest BCUT2D eigenvalue weighted by atomic mass is 9.84. The summed E-state index contributed by atoms with van der Waals surface area (Å²) in [5, 5.41) is 0. The number of hydrogen-bond acceptors (Lipinski definition) is 0. The van der Waals surface area contributed by atoms with Gasteiger partial charge in [-0.15, -0.1) is 0 Å². The fourth-order valence-corrected chi connectivity index (χ4v) is 1.10. The first-order chi connectivity index (χ1) is 3.79. The zero-order valence-corrected chi connectivity index (χ0v) is 5.83. The van der Waals surface area contributed by atoms with Gasteiger partial charge in [0.1, 0.15) is 0 Å². The highest BCUT2D eigenvalue weighted by atomic mass is 14.2. The molecule has 0 aliphatic heterocycles. The maximum absolute atomic E-state index is 2.27. The zero-order valence-electron chi connectivity index (χ0n) is 5.83. The molecule has 0 N–H and O–H groups in total. The van der Waals surface area contributed by atoms with Crippen LogP contribution in [-0.4, -0.2) is 0 Å². The Hall–Kier alpha value is 0. The molecule has 0 heteroatoms. The molecule has 0 spiro atoms. The van der Waals surface area contributed by atoms with Gasteiger partial charge in [0, 0.05) is 0 Å². The van der Waals surface area contributed by atoms with Gasteiger partial charge in [0.05, 0.1) is 0 Å². The highest BCUT2D eigenvalue weighted by Crippen LogP contribution is 2.30. The van der Waals surface area contributed by atoms with E-state index in [9.17, 15) is 0 Å². The van der Waals surface area contributed by atoms with Gasteiger partial charge in [0.2, 0.25) is 0 Å². The molecule has 0 bridgehead atoms. The van der Waals surface area contributed by atoms with Crippen LogP contribution in [0.3, 0.4) is 0 Å². The number of hydrogen-bond donors (Lipinski definition) is 0. The molecule has 0 aromatic heterocycles. The highest BCUT2D eigenvalue weighted by Gasteiger charge is 2.13. The summed E-state index contributed by atoms with van der Waals surface area (Å²) in [4.78, 5) is 0. The maximum Gasteiger partial charge on any atom is -0.0272 e. The van der Waals surface area contributed by atoms with Crippen molar-refractivity contribution in [2.75, 3.05) is 0 Å². The second-order valence-electron chi connectivity index (χ2n) is 2.91. The molecule has 0 aromatic rings. The Kier molecular flexibility index (Phi) is 1.93. The van der Waals surface area contributed by atoms with Crippen molar-refractivity contribution < 1.29 is 0 Å². The van der Waals surface area contributed by atoms with Crippen LogP contribution in [0.5, 0.6) is 0 Å². The van der Waals surface area contributed by atoms with Crippen molar-refractivity contribution in [3.63, 3.8) is 0 Å². The Morgan fingerprint density at radius 3 is 1.25 bits per heavy atom. The molecule has 2 radical (unpaired) electrons. The van der Waals surface area contributed by atoms with Crippen LogP contribution in [0.15, 0.2) is 0 Å². The standard InChI is InChI=1S/C8H14/c1-7-3-5-8(2)6-4-7/h3-6H2,1-2H3. The van der Waals surface area contributed by atoms with Gasteiger partial charge >= 0.3 is 0 Å². The molecule has 46 valence electrons. The molecule has 1 aliphatic rings. The Labute approximate surface area is 52.3 Å². The van der Waals surface area contributed by atoms with Crippen LogP contribution >= 0.6 is 0 Å². The van der Waals surface area contributed by atoms with E-state index in [2.05, 4.69) is 13.8 Å². The quantitative estimate of drug-likeness (QED) is 0.450. The van der Waals surface area contributed by atoms with E-state index in [0.717, 1.165) is 0 Å².